The second-order valence-electron chi connectivity index (χ2n) is 8.08. The lowest BCUT2D eigenvalue weighted by atomic mass is 9.98. The predicted molar refractivity (Wildman–Crippen MR) is 123 cm³/mol. The summed E-state index contributed by atoms with van der Waals surface area (Å²) in [7, 11) is 1.38. The Morgan fingerprint density at radius 2 is 1.61 bits per heavy atom. The van der Waals surface area contributed by atoms with E-state index in [4.69, 9.17) is 9.47 Å². The maximum absolute atomic E-state index is 12.5. The first kappa shape index (κ1) is 24.3. The van der Waals surface area contributed by atoms with E-state index in [9.17, 15) is 19.5 Å². The number of nitrogens with one attached hydrogen (secondary N) is 2. The summed E-state index contributed by atoms with van der Waals surface area (Å²) >= 11 is 0. The highest BCUT2D eigenvalue weighted by Gasteiger charge is 2.31. The number of hydrogen-bond donors (Lipinski definition) is 3. The largest absolute Gasteiger partial charge is 0.480 e. The number of methoxy groups -OCH3 is 1. The predicted octanol–water partition coefficient (Wildman–Crippen LogP) is 3.16. The summed E-state index contributed by atoms with van der Waals surface area (Å²) in [4.78, 5) is 36.3. The molecule has 0 aromatic heterocycles. The normalized spacial score (nSPS) is 15.0. The SMILES string of the molecule is CCC(CNC(=O)OCC1c2ccccc2-c2ccccc21)C(=O)NC(C(=O)O)C(C)OC. The van der Waals surface area contributed by atoms with E-state index >= 15 is 0 Å². The van der Waals surface area contributed by atoms with E-state index in [-0.39, 0.29) is 19.1 Å². The minimum absolute atomic E-state index is 0.0344. The molecular weight excluding hydrogens is 424 g/mol. The number of rotatable bonds is 10. The highest BCUT2D eigenvalue weighted by molar-refractivity contribution is 5.86. The van der Waals surface area contributed by atoms with Gasteiger partial charge in [0.25, 0.3) is 0 Å². The van der Waals surface area contributed by atoms with Crippen LogP contribution in [0.2, 0.25) is 0 Å². The van der Waals surface area contributed by atoms with Crippen molar-refractivity contribution >= 4 is 18.0 Å². The highest BCUT2D eigenvalue weighted by atomic mass is 16.5. The third-order valence-electron chi connectivity index (χ3n) is 6.11. The number of alkyl carbamates (subject to hydrolysis) is 1. The number of carboxylic acids is 1. The molecule has 0 saturated carbocycles. The second kappa shape index (κ2) is 11.0. The van der Waals surface area contributed by atoms with Crippen molar-refractivity contribution in [2.24, 2.45) is 5.92 Å². The van der Waals surface area contributed by atoms with Crippen molar-refractivity contribution in [2.75, 3.05) is 20.3 Å². The third kappa shape index (κ3) is 5.51. The molecule has 0 aliphatic heterocycles. The van der Waals surface area contributed by atoms with Gasteiger partial charge in [-0.3, -0.25) is 4.79 Å². The molecule has 2 aromatic rings. The van der Waals surface area contributed by atoms with Gasteiger partial charge in [0, 0.05) is 19.6 Å². The maximum atomic E-state index is 12.5. The van der Waals surface area contributed by atoms with Gasteiger partial charge in [0.1, 0.15) is 6.61 Å². The number of carbonyl (C=O) groups is 3. The Balaban J connectivity index is 1.56. The van der Waals surface area contributed by atoms with Gasteiger partial charge >= 0.3 is 12.1 Å². The minimum atomic E-state index is -1.18. The summed E-state index contributed by atoms with van der Waals surface area (Å²) in [5, 5.41) is 14.4. The van der Waals surface area contributed by atoms with Crippen molar-refractivity contribution in [1.82, 2.24) is 10.6 Å². The van der Waals surface area contributed by atoms with Crippen LogP contribution in [0.15, 0.2) is 48.5 Å². The molecule has 3 unspecified atom stereocenters. The van der Waals surface area contributed by atoms with E-state index in [1.165, 1.54) is 7.11 Å². The molecule has 0 saturated heterocycles. The average molecular weight is 455 g/mol. The molecular formula is C25H30N2O6. The fourth-order valence-corrected chi connectivity index (χ4v) is 4.07. The topological polar surface area (TPSA) is 114 Å². The Kier molecular flexibility index (Phi) is 8.06. The van der Waals surface area contributed by atoms with Crippen molar-refractivity contribution in [3.63, 3.8) is 0 Å². The van der Waals surface area contributed by atoms with Gasteiger partial charge < -0.3 is 25.2 Å². The molecule has 2 aromatic carbocycles. The maximum Gasteiger partial charge on any atom is 0.407 e. The van der Waals surface area contributed by atoms with Crippen molar-refractivity contribution in [3.05, 3.63) is 59.7 Å². The first-order valence-corrected chi connectivity index (χ1v) is 11.0. The number of benzene rings is 2. The van der Waals surface area contributed by atoms with Crippen LogP contribution in [0.4, 0.5) is 4.79 Å². The zero-order chi connectivity index (χ0) is 24.0. The summed E-state index contributed by atoms with van der Waals surface area (Å²) in [6.45, 7) is 3.57. The van der Waals surface area contributed by atoms with E-state index in [0.717, 1.165) is 22.3 Å². The third-order valence-corrected chi connectivity index (χ3v) is 6.11. The summed E-state index contributed by atoms with van der Waals surface area (Å²) < 4.78 is 10.5. The minimum Gasteiger partial charge on any atom is -0.480 e. The average Bonchev–Trinajstić information content (AvgIpc) is 3.14. The molecule has 33 heavy (non-hydrogen) atoms. The van der Waals surface area contributed by atoms with Gasteiger partial charge in [-0.2, -0.15) is 0 Å². The molecule has 3 N–H and O–H groups in total. The van der Waals surface area contributed by atoms with Crippen molar-refractivity contribution < 1.29 is 29.0 Å². The lowest BCUT2D eigenvalue weighted by molar-refractivity contribution is -0.146. The Morgan fingerprint density at radius 1 is 1.03 bits per heavy atom. The zero-order valence-electron chi connectivity index (χ0n) is 19.0. The zero-order valence-corrected chi connectivity index (χ0v) is 19.0. The van der Waals surface area contributed by atoms with E-state index < -0.39 is 36.0 Å². The molecule has 3 rings (SSSR count). The van der Waals surface area contributed by atoms with Crippen molar-refractivity contribution in [1.29, 1.82) is 0 Å². The lowest BCUT2D eigenvalue weighted by Crippen LogP contribution is -2.51. The molecule has 1 aliphatic carbocycles. The van der Waals surface area contributed by atoms with E-state index in [2.05, 4.69) is 22.8 Å². The second-order valence-corrected chi connectivity index (χ2v) is 8.08. The smallest absolute Gasteiger partial charge is 0.407 e. The molecule has 1 aliphatic rings. The van der Waals surface area contributed by atoms with E-state index in [1.54, 1.807) is 13.8 Å². The number of amides is 2. The van der Waals surface area contributed by atoms with Gasteiger partial charge in [0.05, 0.1) is 12.0 Å². The van der Waals surface area contributed by atoms with Gasteiger partial charge in [-0.1, -0.05) is 55.5 Å². The summed E-state index contributed by atoms with van der Waals surface area (Å²) in [6, 6.07) is 14.9. The van der Waals surface area contributed by atoms with Crippen LogP contribution in [0.25, 0.3) is 11.1 Å². The van der Waals surface area contributed by atoms with E-state index in [1.807, 2.05) is 36.4 Å². The summed E-state index contributed by atoms with van der Waals surface area (Å²) in [6.07, 6.45) is -0.898. The van der Waals surface area contributed by atoms with Gasteiger partial charge in [0.2, 0.25) is 5.91 Å². The Labute approximate surface area is 193 Å². The Morgan fingerprint density at radius 3 is 2.12 bits per heavy atom. The van der Waals surface area contributed by atoms with Crippen molar-refractivity contribution in [3.8, 4) is 11.1 Å². The Bertz CT molecular complexity index is 962. The van der Waals surface area contributed by atoms with Crippen molar-refractivity contribution in [2.45, 2.75) is 38.3 Å². The number of ether oxygens (including phenoxy) is 2. The first-order chi connectivity index (χ1) is 15.9. The molecule has 2 amide bonds. The molecule has 0 spiro atoms. The van der Waals surface area contributed by atoms with Crippen LogP contribution in [0.5, 0.6) is 0 Å². The molecule has 0 radical (unpaired) electrons. The number of aliphatic carboxylic acids is 1. The van der Waals surface area contributed by atoms with E-state index in [0.29, 0.717) is 6.42 Å². The van der Waals surface area contributed by atoms with Gasteiger partial charge in [-0.25, -0.2) is 9.59 Å². The molecule has 8 nitrogen and oxygen atoms in total. The summed E-state index contributed by atoms with van der Waals surface area (Å²) in [5.41, 5.74) is 4.51. The summed E-state index contributed by atoms with van der Waals surface area (Å²) in [5.74, 6) is -2.30. The van der Waals surface area contributed by atoms with Gasteiger partial charge in [-0.15, -0.1) is 0 Å². The Hall–Kier alpha value is -3.39. The van der Waals surface area contributed by atoms with Crippen LogP contribution in [-0.4, -0.2) is 55.5 Å². The van der Waals surface area contributed by atoms with Crippen LogP contribution in [0.1, 0.15) is 37.3 Å². The lowest BCUT2D eigenvalue weighted by Gasteiger charge is -2.23. The fraction of sp³-hybridized carbons (Fsp3) is 0.400. The van der Waals surface area contributed by atoms with Crippen LogP contribution in [0, 0.1) is 5.92 Å². The number of carbonyl (C=O) groups excluding carboxylic acids is 2. The highest BCUT2D eigenvalue weighted by Crippen LogP contribution is 2.44. The van der Waals surface area contributed by atoms with Crippen LogP contribution >= 0.6 is 0 Å². The molecule has 3 atom stereocenters. The number of fused-ring (bicyclic) bond motifs is 3. The van der Waals surface area contributed by atoms with Crippen LogP contribution in [0.3, 0.4) is 0 Å². The number of hydrogen-bond acceptors (Lipinski definition) is 5. The van der Waals surface area contributed by atoms with Crippen LogP contribution in [-0.2, 0) is 19.1 Å². The van der Waals surface area contributed by atoms with Gasteiger partial charge in [0.15, 0.2) is 6.04 Å². The molecule has 0 fully saturated rings. The monoisotopic (exact) mass is 454 g/mol. The van der Waals surface area contributed by atoms with Gasteiger partial charge in [-0.05, 0) is 35.6 Å². The molecule has 0 bridgehead atoms. The quantitative estimate of drug-likeness (QED) is 0.508. The molecule has 176 valence electrons. The number of carboxylic acid groups (broad SMARTS) is 1. The van der Waals surface area contributed by atoms with Crippen LogP contribution < -0.4 is 10.6 Å². The molecule has 8 heteroatoms. The first-order valence-electron chi connectivity index (χ1n) is 11.0. The fourth-order valence-electron chi connectivity index (χ4n) is 4.07. The standard InChI is InChI=1S/C25H30N2O6/c1-4-16(23(28)27-22(24(29)30)15(2)32-3)13-26-25(31)33-14-21-19-11-7-5-9-17(19)18-10-6-8-12-20(18)21/h5-12,15-16,21-22H,4,13-14H2,1-3H3,(H,26,31)(H,27,28)(H,29,30). The molecule has 0 heterocycles.